The quantitative estimate of drug-likeness (QED) is 0.253. The monoisotopic (exact) mass is 572 g/mol. The molecule has 1 heterocycles. The van der Waals surface area contributed by atoms with Crippen LogP contribution in [-0.4, -0.2) is 50.2 Å². The van der Waals surface area contributed by atoms with Crippen molar-refractivity contribution < 1.29 is 14.3 Å². The molecular weight excluding hydrogens is 532 g/mol. The number of allylic oxidation sites excluding steroid dienone is 1. The minimum absolute atomic E-state index is 0.310. The van der Waals surface area contributed by atoms with Gasteiger partial charge in [0.15, 0.2) is 0 Å². The number of ether oxygens (including phenoxy) is 2. The third kappa shape index (κ3) is 7.14. The van der Waals surface area contributed by atoms with Gasteiger partial charge in [-0.15, -0.1) is 0 Å². The van der Waals surface area contributed by atoms with Gasteiger partial charge < -0.3 is 14.4 Å². The highest BCUT2D eigenvalue weighted by Gasteiger charge is 2.29. The van der Waals surface area contributed by atoms with Crippen molar-refractivity contribution in [2.75, 3.05) is 44.2 Å². The average Bonchev–Trinajstić information content (AvgIpc) is 2.96. The highest BCUT2D eigenvalue weighted by atomic mass is 35.5. The van der Waals surface area contributed by atoms with Gasteiger partial charge in [0.2, 0.25) is 0 Å². The minimum atomic E-state index is -0.368. The van der Waals surface area contributed by atoms with Crippen molar-refractivity contribution in [1.82, 2.24) is 4.90 Å². The second kappa shape index (κ2) is 12.7. The number of carbonyl (C=O) groups is 1. The number of halogens is 1. The van der Waals surface area contributed by atoms with Crippen LogP contribution in [-0.2, 0) is 4.74 Å². The Morgan fingerprint density at radius 1 is 0.951 bits per heavy atom. The lowest BCUT2D eigenvalue weighted by Crippen LogP contribution is -2.47. The number of anilines is 1. The Morgan fingerprint density at radius 3 is 2.39 bits per heavy atom. The van der Waals surface area contributed by atoms with Crippen LogP contribution in [0.3, 0.4) is 0 Å². The first-order valence-corrected chi connectivity index (χ1v) is 15.1. The first-order valence-electron chi connectivity index (χ1n) is 14.7. The molecule has 0 atom stereocenters. The van der Waals surface area contributed by atoms with Crippen LogP contribution in [0.4, 0.5) is 5.69 Å². The van der Waals surface area contributed by atoms with Crippen LogP contribution in [0.15, 0.2) is 72.3 Å². The van der Waals surface area contributed by atoms with Gasteiger partial charge in [0.25, 0.3) is 0 Å². The van der Waals surface area contributed by atoms with Gasteiger partial charge in [-0.3, -0.25) is 4.90 Å². The molecule has 5 nitrogen and oxygen atoms in total. The Balaban J connectivity index is 1.31. The van der Waals surface area contributed by atoms with Crippen LogP contribution in [0.25, 0.3) is 5.57 Å². The molecule has 1 aliphatic heterocycles. The number of piperazine rings is 1. The molecule has 5 rings (SSSR count). The minimum Gasteiger partial charge on any atom is -0.462 e. The van der Waals surface area contributed by atoms with Crippen molar-refractivity contribution in [3.8, 4) is 11.5 Å². The lowest BCUT2D eigenvalue weighted by molar-refractivity contribution is 0.0523. The molecule has 1 saturated heterocycles. The second-order valence-corrected chi connectivity index (χ2v) is 12.4. The molecule has 0 radical (unpaired) electrons. The summed E-state index contributed by atoms with van der Waals surface area (Å²) in [7, 11) is 0. The lowest BCUT2D eigenvalue weighted by Gasteiger charge is -2.39. The van der Waals surface area contributed by atoms with E-state index in [1.54, 1.807) is 5.57 Å². The first kappa shape index (κ1) is 29.2. The Hall–Kier alpha value is -3.28. The van der Waals surface area contributed by atoms with Crippen molar-refractivity contribution in [3.05, 3.63) is 94.0 Å². The fraction of sp³-hybridized carbons (Fsp3) is 0.400. The smallest absolute Gasteiger partial charge is 0.341 e. The summed E-state index contributed by atoms with van der Waals surface area (Å²) in [6.45, 7) is 13.7. The van der Waals surface area contributed by atoms with Gasteiger partial charge in [-0.05, 0) is 85.6 Å². The SMILES string of the molecule is CCOC(=O)c1ccc(N2CCN(CC3=C(c4ccc(Cl)cc4)CC(C)(C)CC3)CC2)cc1Oc1ccccc1C. The predicted octanol–water partition coefficient (Wildman–Crippen LogP) is 8.40. The van der Waals surface area contributed by atoms with Crippen LogP contribution < -0.4 is 9.64 Å². The summed E-state index contributed by atoms with van der Waals surface area (Å²) in [6.07, 6.45) is 3.45. The number of aryl methyl sites for hydroxylation is 1. The molecule has 0 spiro atoms. The summed E-state index contributed by atoms with van der Waals surface area (Å²) in [5.74, 6) is 0.897. The highest BCUT2D eigenvalue weighted by Crippen LogP contribution is 2.43. The molecule has 0 saturated carbocycles. The molecule has 2 aliphatic rings. The molecule has 1 aliphatic carbocycles. The van der Waals surface area contributed by atoms with E-state index in [1.165, 1.54) is 17.6 Å². The Labute approximate surface area is 249 Å². The van der Waals surface area contributed by atoms with Gasteiger partial charge in [0, 0.05) is 49.5 Å². The fourth-order valence-electron chi connectivity index (χ4n) is 5.86. The van der Waals surface area contributed by atoms with Crippen molar-refractivity contribution in [1.29, 1.82) is 0 Å². The largest absolute Gasteiger partial charge is 0.462 e. The maximum Gasteiger partial charge on any atom is 0.341 e. The number of rotatable bonds is 8. The summed E-state index contributed by atoms with van der Waals surface area (Å²) in [4.78, 5) is 17.7. The number of esters is 1. The molecule has 0 N–H and O–H groups in total. The molecular formula is C35H41ClN2O3. The molecule has 0 aromatic heterocycles. The Morgan fingerprint density at radius 2 is 1.68 bits per heavy atom. The van der Waals surface area contributed by atoms with Crippen LogP contribution in [0.5, 0.6) is 11.5 Å². The summed E-state index contributed by atoms with van der Waals surface area (Å²) >= 11 is 6.20. The Bertz CT molecular complexity index is 1410. The normalized spacial score (nSPS) is 17.4. The van der Waals surface area contributed by atoms with Crippen LogP contribution in [0.1, 0.15) is 61.5 Å². The molecule has 0 bridgehead atoms. The van der Waals surface area contributed by atoms with Gasteiger partial charge in [-0.2, -0.15) is 0 Å². The van der Waals surface area contributed by atoms with Gasteiger partial charge in [0.05, 0.1) is 6.61 Å². The van der Waals surface area contributed by atoms with E-state index < -0.39 is 0 Å². The van der Waals surface area contributed by atoms with E-state index in [4.69, 9.17) is 21.1 Å². The molecule has 216 valence electrons. The molecule has 3 aromatic rings. The van der Waals surface area contributed by atoms with Gasteiger partial charge in [-0.25, -0.2) is 4.79 Å². The number of nitrogens with zero attached hydrogens (tertiary/aromatic N) is 2. The average molecular weight is 573 g/mol. The number of hydrogen-bond acceptors (Lipinski definition) is 5. The molecule has 1 fully saturated rings. The van der Waals surface area contributed by atoms with Gasteiger partial charge in [-0.1, -0.05) is 61.4 Å². The van der Waals surface area contributed by atoms with E-state index in [9.17, 15) is 4.79 Å². The number of benzene rings is 3. The molecule has 0 amide bonds. The molecule has 41 heavy (non-hydrogen) atoms. The van der Waals surface area contributed by atoms with Gasteiger partial charge in [0.1, 0.15) is 17.1 Å². The number of hydrogen-bond donors (Lipinski definition) is 0. The highest BCUT2D eigenvalue weighted by molar-refractivity contribution is 6.30. The second-order valence-electron chi connectivity index (χ2n) is 12.0. The molecule has 3 aromatic carbocycles. The Kier molecular flexibility index (Phi) is 9.06. The summed E-state index contributed by atoms with van der Waals surface area (Å²) < 4.78 is 11.6. The standard InChI is InChI=1S/C35H41ClN2O3/c1-5-40-34(39)30-15-14-29(22-33(30)41-32-9-7-6-8-25(32)2)38-20-18-37(19-21-38)24-27-16-17-35(3,4)23-31(27)26-10-12-28(36)13-11-26/h6-15,22H,5,16-21,23-24H2,1-4H3. The van der Waals surface area contributed by atoms with Crippen LogP contribution in [0, 0.1) is 12.3 Å². The first-order chi connectivity index (χ1) is 19.7. The van der Waals surface area contributed by atoms with E-state index in [1.807, 2.05) is 68.4 Å². The van der Waals surface area contributed by atoms with Crippen LogP contribution in [0.2, 0.25) is 5.02 Å². The van der Waals surface area contributed by atoms with Crippen molar-refractivity contribution in [2.45, 2.75) is 47.0 Å². The maximum absolute atomic E-state index is 12.7. The van der Waals surface area contributed by atoms with E-state index in [0.717, 1.165) is 67.6 Å². The lowest BCUT2D eigenvalue weighted by atomic mass is 9.72. The van der Waals surface area contributed by atoms with E-state index in [-0.39, 0.29) is 5.97 Å². The summed E-state index contributed by atoms with van der Waals surface area (Å²) in [5.41, 5.74) is 7.19. The number of carbonyl (C=O) groups excluding carboxylic acids is 1. The fourth-order valence-corrected chi connectivity index (χ4v) is 5.98. The zero-order valence-corrected chi connectivity index (χ0v) is 25.5. The zero-order valence-electron chi connectivity index (χ0n) is 24.7. The number of para-hydroxylation sites is 1. The molecule has 6 heteroatoms. The van der Waals surface area contributed by atoms with Crippen molar-refractivity contribution in [2.24, 2.45) is 5.41 Å². The van der Waals surface area contributed by atoms with Crippen molar-refractivity contribution >= 4 is 28.8 Å². The van der Waals surface area contributed by atoms with Gasteiger partial charge >= 0.3 is 5.97 Å². The van der Waals surface area contributed by atoms with E-state index in [0.29, 0.717) is 23.3 Å². The topological polar surface area (TPSA) is 42.0 Å². The third-order valence-electron chi connectivity index (χ3n) is 8.30. The third-order valence-corrected chi connectivity index (χ3v) is 8.56. The summed E-state index contributed by atoms with van der Waals surface area (Å²) in [5, 5.41) is 0.782. The molecule has 0 unspecified atom stereocenters. The predicted molar refractivity (Wildman–Crippen MR) is 168 cm³/mol. The zero-order chi connectivity index (χ0) is 29.0. The van der Waals surface area contributed by atoms with Crippen LogP contribution >= 0.6 is 11.6 Å². The summed E-state index contributed by atoms with van der Waals surface area (Å²) in [6, 6.07) is 22.0. The maximum atomic E-state index is 12.7. The van der Waals surface area contributed by atoms with E-state index >= 15 is 0 Å². The van der Waals surface area contributed by atoms with E-state index in [2.05, 4.69) is 35.8 Å². The van der Waals surface area contributed by atoms with Crippen molar-refractivity contribution in [3.63, 3.8) is 0 Å².